The Morgan fingerprint density at radius 3 is 2.57 bits per heavy atom. The molecule has 1 atom stereocenters. The van der Waals surface area contributed by atoms with E-state index in [9.17, 15) is 14.7 Å². The average molecular weight is 391 g/mol. The van der Waals surface area contributed by atoms with E-state index in [0.717, 1.165) is 18.8 Å². The lowest BCUT2D eigenvalue weighted by Gasteiger charge is -2.39. The highest BCUT2D eigenvalue weighted by Gasteiger charge is 2.42. The molecule has 2 saturated heterocycles. The fourth-order valence-corrected chi connectivity index (χ4v) is 3.72. The largest absolute Gasteiger partial charge is 0.494 e. The van der Waals surface area contributed by atoms with E-state index in [1.165, 1.54) is 4.90 Å². The molecule has 0 aromatic heterocycles. The summed E-state index contributed by atoms with van der Waals surface area (Å²) in [4.78, 5) is 27.8. The molecule has 0 radical (unpaired) electrons. The van der Waals surface area contributed by atoms with E-state index >= 15 is 0 Å². The Kier molecular flexibility index (Phi) is 5.43. The second-order valence-corrected chi connectivity index (χ2v) is 8.38. The maximum Gasteiger partial charge on any atom is 0.321 e. The van der Waals surface area contributed by atoms with Gasteiger partial charge in [-0.3, -0.25) is 4.79 Å². The lowest BCUT2D eigenvalue weighted by Crippen LogP contribution is -2.48. The maximum atomic E-state index is 12.6. The Hall–Kier alpha value is -2.48. The SMILES string of the molecule is COc1cc(N2CCOC(C)(C)C2)ccc1NC(=O)N1CCC(C)(C(=O)O)C1. The van der Waals surface area contributed by atoms with Crippen molar-refractivity contribution >= 4 is 23.4 Å². The molecule has 2 N–H and O–H groups in total. The zero-order valence-electron chi connectivity index (χ0n) is 16.9. The molecular weight excluding hydrogens is 362 g/mol. The number of carboxylic acids is 1. The minimum absolute atomic E-state index is 0.192. The lowest BCUT2D eigenvalue weighted by molar-refractivity contribution is -0.146. The van der Waals surface area contributed by atoms with Crippen LogP contribution in [0.25, 0.3) is 0 Å². The van der Waals surface area contributed by atoms with Crippen LogP contribution >= 0.6 is 0 Å². The van der Waals surface area contributed by atoms with Crippen molar-refractivity contribution in [3.05, 3.63) is 18.2 Å². The number of hydrogen-bond donors (Lipinski definition) is 2. The number of amides is 2. The molecule has 1 aromatic carbocycles. The molecule has 0 aliphatic carbocycles. The Morgan fingerprint density at radius 1 is 1.21 bits per heavy atom. The van der Waals surface area contributed by atoms with Gasteiger partial charge in [0.1, 0.15) is 5.75 Å². The summed E-state index contributed by atoms with van der Waals surface area (Å²) in [5, 5.41) is 12.2. The van der Waals surface area contributed by atoms with Crippen LogP contribution in [0, 0.1) is 5.41 Å². The number of methoxy groups -OCH3 is 1. The van der Waals surface area contributed by atoms with Crippen LogP contribution in [-0.2, 0) is 9.53 Å². The third-order valence-corrected chi connectivity index (χ3v) is 5.49. The van der Waals surface area contributed by atoms with Gasteiger partial charge in [-0.2, -0.15) is 0 Å². The third-order valence-electron chi connectivity index (χ3n) is 5.49. The van der Waals surface area contributed by atoms with E-state index < -0.39 is 11.4 Å². The van der Waals surface area contributed by atoms with Crippen molar-refractivity contribution in [2.75, 3.05) is 50.1 Å². The number of carbonyl (C=O) groups excluding carboxylic acids is 1. The molecule has 2 aliphatic heterocycles. The monoisotopic (exact) mass is 391 g/mol. The first kappa shape index (κ1) is 20.3. The molecule has 3 rings (SSSR count). The molecule has 8 heteroatoms. The lowest BCUT2D eigenvalue weighted by atomic mass is 9.90. The molecule has 1 aromatic rings. The number of ether oxygens (including phenoxy) is 2. The van der Waals surface area contributed by atoms with Crippen molar-refractivity contribution in [1.29, 1.82) is 0 Å². The van der Waals surface area contributed by atoms with Crippen molar-refractivity contribution in [3.63, 3.8) is 0 Å². The molecule has 0 saturated carbocycles. The van der Waals surface area contributed by atoms with Gasteiger partial charge in [-0.25, -0.2) is 4.79 Å². The van der Waals surface area contributed by atoms with Gasteiger partial charge in [-0.1, -0.05) is 0 Å². The Bertz CT molecular complexity index is 766. The van der Waals surface area contributed by atoms with Gasteiger partial charge < -0.3 is 29.7 Å². The van der Waals surface area contributed by atoms with Gasteiger partial charge in [0.15, 0.2) is 0 Å². The first-order chi connectivity index (χ1) is 13.1. The fraction of sp³-hybridized carbons (Fsp3) is 0.600. The second kappa shape index (κ2) is 7.50. The van der Waals surface area contributed by atoms with Gasteiger partial charge in [-0.15, -0.1) is 0 Å². The number of urea groups is 1. The Balaban J connectivity index is 1.71. The van der Waals surface area contributed by atoms with Crippen LogP contribution < -0.4 is 15.0 Å². The van der Waals surface area contributed by atoms with Gasteiger partial charge in [0, 0.05) is 37.9 Å². The summed E-state index contributed by atoms with van der Waals surface area (Å²) in [7, 11) is 1.56. The number of rotatable bonds is 4. The third kappa shape index (κ3) is 4.16. The standard InChI is InChI=1S/C20H29N3O5/c1-19(2)12-22(9-10-28-19)14-5-6-15(16(11-14)27-4)21-18(26)23-8-7-20(3,13-23)17(24)25/h5-6,11H,7-10,12-13H2,1-4H3,(H,21,26)(H,24,25). The summed E-state index contributed by atoms with van der Waals surface area (Å²) in [5.41, 5.74) is 0.456. The quantitative estimate of drug-likeness (QED) is 0.820. The van der Waals surface area contributed by atoms with Gasteiger partial charge in [0.05, 0.1) is 30.4 Å². The van der Waals surface area contributed by atoms with E-state index in [4.69, 9.17) is 9.47 Å². The van der Waals surface area contributed by atoms with Crippen LogP contribution in [0.2, 0.25) is 0 Å². The van der Waals surface area contributed by atoms with E-state index in [-0.39, 0.29) is 18.2 Å². The van der Waals surface area contributed by atoms with Crippen molar-refractivity contribution in [2.24, 2.45) is 5.41 Å². The van der Waals surface area contributed by atoms with Crippen molar-refractivity contribution in [2.45, 2.75) is 32.8 Å². The molecule has 2 fully saturated rings. The number of anilines is 2. The number of carboxylic acid groups (broad SMARTS) is 1. The van der Waals surface area contributed by atoms with Gasteiger partial charge in [-0.05, 0) is 39.3 Å². The number of nitrogens with one attached hydrogen (secondary N) is 1. The molecular formula is C20H29N3O5. The number of hydrogen-bond acceptors (Lipinski definition) is 5. The topological polar surface area (TPSA) is 91.3 Å². The summed E-state index contributed by atoms with van der Waals surface area (Å²) in [6.07, 6.45) is 0.443. The molecule has 28 heavy (non-hydrogen) atoms. The number of nitrogens with zero attached hydrogens (tertiary/aromatic N) is 2. The van der Waals surface area contributed by atoms with Crippen LogP contribution in [-0.4, -0.2) is 67.5 Å². The van der Waals surface area contributed by atoms with Crippen LogP contribution in [0.4, 0.5) is 16.2 Å². The highest BCUT2D eigenvalue weighted by Crippen LogP contribution is 2.34. The Labute approximate surface area is 165 Å². The normalized spacial score (nSPS) is 24.1. The first-order valence-electron chi connectivity index (χ1n) is 9.50. The number of likely N-dealkylation sites (tertiary alicyclic amines) is 1. The smallest absolute Gasteiger partial charge is 0.321 e. The van der Waals surface area contributed by atoms with Gasteiger partial charge >= 0.3 is 12.0 Å². The molecule has 2 amide bonds. The number of benzene rings is 1. The van der Waals surface area contributed by atoms with Crippen molar-refractivity contribution in [3.8, 4) is 5.75 Å². The molecule has 154 valence electrons. The van der Waals surface area contributed by atoms with Crippen LogP contribution in [0.3, 0.4) is 0 Å². The summed E-state index contributed by atoms with van der Waals surface area (Å²) in [6.45, 7) is 8.61. The van der Waals surface area contributed by atoms with E-state index in [1.54, 1.807) is 14.0 Å². The van der Waals surface area contributed by atoms with E-state index in [0.29, 0.717) is 31.0 Å². The predicted molar refractivity (Wildman–Crippen MR) is 106 cm³/mol. The maximum absolute atomic E-state index is 12.6. The molecule has 0 bridgehead atoms. The van der Waals surface area contributed by atoms with E-state index in [2.05, 4.69) is 24.1 Å². The molecule has 1 unspecified atom stereocenters. The predicted octanol–water partition coefficient (Wildman–Crippen LogP) is 2.64. The number of morpholine rings is 1. The first-order valence-corrected chi connectivity index (χ1v) is 9.50. The van der Waals surface area contributed by atoms with Gasteiger partial charge in [0.2, 0.25) is 0 Å². The summed E-state index contributed by atoms with van der Waals surface area (Å²) >= 11 is 0. The molecule has 0 spiro atoms. The zero-order chi connectivity index (χ0) is 20.5. The highest BCUT2D eigenvalue weighted by atomic mass is 16.5. The number of carbonyl (C=O) groups is 2. The highest BCUT2D eigenvalue weighted by molar-refractivity contribution is 5.92. The summed E-state index contributed by atoms with van der Waals surface area (Å²) in [6, 6.07) is 5.36. The minimum atomic E-state index is -0.894. The second-order valence-electron chi connectivity index (χ2n) is 8.38. The van der Waals surface area contributed by atoms with Crippen molar-refractivity contribution < 1.29 is 24.2 Å². The Morgan fingerprint density at radius 2 is 1.96 bits per heavy atom. The van der Waals surface area contributed by atoms with Gasteiger partial charge in [0.25, 0.3) is 0 Å². The minimum Gasteiger partial charge on any atom is -0.494 e. The number of aliphatic carboxylic acids is 1. The summed E-state index contributed by atoms with van der Waals surface area (Å²) in [5.74, 6) is -0.312. The van der Waals surface area contributed by atoms with Crippen LogP contribution in [0.5, 0.6) is 5.75 Å². The average Bonchev–Trinajstić information content (AvgIpc) is 3.05. The molecule has 2 heterocycles. The van der Waals surface area contributed by atoms with Crippen LogP contribution in [0.1, 0.15) is 27.2 Å². The molecule has 8 nitrogen and oxygen atoms in total. The fourth-order valence-electron chi connectivity index (χ4n) is 3.72. The zero-order valence-corrected chi connectivity index (χ0v) is 16.9. The van der Waals surface area contributed by atoms with E-state index in [1.807, 2.05) is 18.2 Å². The molecule has 2 aliphatic rings. The van der Waals surface area contributed by atoms with Crippen LogP contribution in [0.15, 0.2) is 18.2 Å². The van der Waals surface area contributed by atoms with Crippen molar-refractivity contribution in [1.82, 2.24) is 4.90 Å². The summed E-state index contributed by atoms with van der Waals surface area (Å²) < 4.78 is 11.2.